The van der Waals surface area contributed by atoms with E-state index in [0.717, 1.165) is 25.8 Å². The molecule has 1 N–H and O–H groups in total. The number of hydrogen-bond donors (Lipinski definition) is 1. The third-order valence-electron chi connectivity index (χ3n) is 2.94. The van der Waals surface area contributed by atoms with Gasteiger partial charge in [0.25, 0.3) is 0 Å². The lowest BCUT2D eigenvalue weighted by atomic mass is 10.1. The molecule has 0 saturated heterocycles. The number of imidazole rings is 1. The average Bonchev–Trinajstić information content (AvgIpc) is 2.66. The highest BCUT2D eigenvalue weighted by Gasteiger charge is 2.12. The lowest BCUT2D eigenvalue weighted by molar-refractivity contribution is 0.410. The average molecular weight is 223 g/mol. The second-order valence-corrected chi connectivity index (χ2v) is 4.54. The van der Waals surface area contributed by atoms with E-state index in [0.29, 0.717) is 12.1 Å². The van der Waals surface area contributed by atoms with E-state index in [1.54, 1.807) is 0 Å². The standard InChI is InChI=1S/C13H25N3/c1-5-7-13-15-8-9-16(13)12(4)10-11(3)14-6-2/h8-9,11-12,14H,5-7,10H2,1-4H3. The highest BCUT2D eigenvalue weighted by Crippen LogP contribution is 2.16. The van der Waals surface area contributed by atoms with Gasteiger partial charge in [-0.25, -0.2) is 4.98 Å². The van der Waals surface area contributed by atoms with Crippen LogP contribution in [-0.4, -0.2) is 22.1 Å². The van der Waals surface area contributed by atoms with Gasteiger partial charge in [-0.3, -0.25) is 0 Å². The number of aromatic nitrogens is 2. The summed E-state index contributed by atoms with van der Waals surface area (Å²) in [6.07, 6.45) is 7.41. The van der Waals surface area contributed by atoms with Gasteiger partial charge in [-0.2, -0.15) is 0 Å². The van der Waals surface area contributed by atoms with Gasteiger partial charge < -0.3 is 9.88 Å². The Hall–Kier alpha value is -0.830. The first-order valence-corrected chi connectivity index (χ1v) is 6.44. The molecule has 16 heavy (non-hydrogen) atoms. The van der Waals surface area contributed by atoms with Crippen LogP contribution in [0.5, 0.6) is 0 Å². The molecule has 1 rings (SSSR count). The monoisotopic (exact) mass is 223 g/mol. The van der Waals surface area contributed by atoms with Crippen LogP contribution in [0.4, 0.5) is 0 Å². The molecule has 3 heteroatoms. The van der Waals surface area contributed by atoms with Crippen LogP contribution in [0.3, 0.4) is 0 Å². The number of nitrogens with one attached hydrogen (secondary N) is 1. The fourth-order valence-electron chi connectivity index (χ4n) is 2.22. The SMILES string of the molecule is CCCc1nccn1C(C)CC(C)NCC. The van der Waals surface area contributed by atoms with E-state index in [1.807, 2.05) is 6.20 Å². The van der Waals surface area contributed by atoms with Crippen LogP contribution in [0.1, 0.15) is 52.4 Å². The molecule has 0 saturated carbocycles. The Labute approximate surface area is 99.3 Å². The topological polar surface area (TPSA) is 29.9 Å². The largest absolute Gasteiger partial charge is 0.332 e. The molecular formula is C13H25N3. The summed E-state index contributed by atoms with van der Waals surface area (Å²) in [5.41, 5.74) is 0. The van der Waals surface area contributed by atoms with Crippen molar-refractivity contribution in [2.45, 2.75) is 59.0 Å². The smallest absolute Gasteiger partial charge is 0.108 e. The molecule has 2 atom stereocenters. The molecule has 0 aliphatic carbocycles. The lowest BCUT2D eigenvalue weighted by Gasteiger charge is -2.20. The van der Waals surface area contributed by atoms with Gasteiger partial charge in [-0.1, -0.05) is 13.8 Å². The summed E-state index contributed by atoms with van der Waals surface area (Å²) in [5, 5.41) is 3.46. The van der Waals surface area contributed by atoms with Gasteiger partial charge in [0.2, 0.25) is 0 Å². The van der Waals surface area contributed by atoms with Gasteiger partial charge in [0.1, 0.15) is 5.82 Å². The molecule has 92 valence electrons. The zero-order valence-corrected chi connectivity index (χ0v) is 11.0. The first-order chi connectivity index (χ1) is 7.69. The van der Waals surface area contributed by atoms with Crippen LogP contribution < -0.4 is 5.32 Å². The molecule has 0 spiro atoms. The van der Waals surface area contributed by atoms with Crippen molar-refractivity contribution in [1.29, 1.82) is 0 Å². The maximum absolute atomic E-state index is 4.42. The van der Waals surface area contributed by atoms with Gasteiger partial charge in [0.15, 0.2) is 0 Å². The molecule has 2 unspecified atom stereocenters. The summed E-state index contributed by atoms with van der Waals surface area (Å²) in [5.74, 6) is 1.22. The van der Waals surface area contributed by atoms with Crippen molar-refractivity contribution in [3.05, 3.63) is 18.2 Å². The van der Waals surface area contributed by atoms with E-state index in [9.17, 15) is 0 Å². The molecule has 0 bridgehead atoms. The minimum absolute atomic E-state index is 0.526. The summed E-state index contributed by atoms with van der Waals surface area (Å²) < 4.78 is 2.32. The Morgan fingerprint density at radius 3 is 2.75 bits per heavy atom. The maximum atomic E-state index is 4.42. The lowest BCUT2D eigenvalue weighted by Crippen LogP contribution is -2.28. The number of rotatable bonds is 7. The van der Waals surface area contributed by atoms with Crippen molar-refractivity contribution in [2.24, 2.45) is 0 Å². The highest BCUT2D eigenvalue weighted by atomic mass is 15.1. The van der Waals surface area contributed by atoms with Gasteiger partial charge in [0, 0.05) is 30.9 Å². The minimum Gasteiger partial charge on any atom is -0.332 e. The fourth-order valence-corrected chi connectivity index (χ4v) is 2.22. The third kappa shape index (κ3) is 3.63. The van der Waals surface area contributed by atoms with E-state index in [1.165, 1.54) is 5.82 Å². The van der Waals surface area contributed by atoms with E-state index in [2.05, 4.69) is 48.8 Å². The molecule has 1 aromatic rings. The van der Waals surface area contributed by atoms with Crippen molar-refractivity contribution < 1.29 is 0 Å². The van der Waals surface area contributed by atoms with Crippen LogP contribution >= 0.6 is 0 Å². The van der Waals surface area contributed by atoms with Crippen molar-refractivity contribution in [3.8, 4) is 0 Å². The molecular weight excluding hydrogens is 198 g/mol. The molecule has 0 fully saturated rings. The number of hydrogen-bond acceptors (Lipinski definition) is 2. The molecule has 0 aliphatic heterocycles. The van der Waals surface area contributed by atoms with Crippen LogP contribution in [0, 0.1) is 0 Å². The van der Waals surface area contributed by atoms with E-state index >= 15 is 0 Å². The van der Waals surface area contributed by atoms with Crippen LogP contribution in [-0.2, 0) is 6.42 Å². The Balaban J connectivity index is 2.57. The van der Waals surface area contributed by atoms with Crippen molar-refractivity contribution in [1.82, 2.24) is 14.9 Å². The summed E-state index contributed by atoms with van der Waals surface area (Å²) in [6, 6.07) is 1.09. The minimum atomic E-state index is 0.526. The molecule has 1 aromatic heterocycles. The molecule has 0 aliphatic rings. The second kappa shape index (κ2) is 6.69. The van der Waals surface area contributed by atoms with Gasteiger partial charge >= 0.3 is 0 Å². The Morgan fingerprint density at radius 2 is 2.12 bits per heavy atom. The predicted molar refractivity (Wildman–Crippen MR) is 68.7 cm³/mol. The van der Waals surface area contributed by atoms with Crippen molar-refractivity contribution >= 4 is 0 Å². The predicted octanol–water partition coefficient (Wildman–Crippen LogP) is 2.78. The Bertz CT molecular complexity index is 293. The van der Waals surface area contributed by atoms with Crippen LogP contribution in [0.2, 0.25) is 0 Å². The molecule has 0 aromatic carbocycles. The van der Waals surface area contributed by atoms with Crippen molar-refractivity contribution in [2.75, 3.05) is 6.54 Å². The van der Waals surface area contributed by atoms with Gasteiger partial charge in [-0.05, 0) is 33.2 Å². The summed E-state index contributed by atoms with van der Waals surface area (Å²) in [4.78, 5) is 4.42. The quantitative estimate of drug-likeness (QED) is 0.770. The first kappa shape index (κ1) is 13.2. The normalized spacial score (nSPS) is 15.0. The third-order valence-corrected chi connectivity index (χ3v) is 2.94. The summed E-state index contributed by atoms with van der Waals surface area (Å²) in [6.45, 7) is 9.91. The first-order valence-electron chi connectivity index (χ1n) is 6.44. The summed E-state index contributed by atoms with van der Waals surface area (Å²) >= 11 is 0. The fraction of sp³-hybridized carbons (Fsp3) is 0.769. The van der Waals surface area contributed by atoms with E-state index in [-0.39, 0.29) is 0 Å². The zero-order valence-electron chi connectivity index (χ0n) is 11.0. The van der Waals surface area contributed by atoms with E-state index < -0.39 is 0 Å². The number of aryl methyl sites for hydroxylation is 1. The summed E-state index contributed by atoms with van der Waals surface area (Å²) in [7, 11) is 0. The van der Waals surface area contributed by atoms with E-state index in [4.69, 9.17) is 0 Å². The second-order valence-electron chi connectivity index (χ2n) is 4.54. The molecule has 3 nitrogen and oxygen atoms in total. The highest BCUT2D eigenvalue weighted by molar-refractivity contribution is 4.95. The maximum Gasteiger partial charge on any atom is 0.108 e. The Kier molecular flexibility index (Phi) is 5.53. The van der Waals surface area contributed by atoms with Crippen molar-refractivity contribution in [3.63, 3.8) is 0 Å². The zero-order chi connectivity index (χ0) is 12.0. The molecule has 0 amide bonds. The van der Waals surface area contributed by atoms with Crippen LogP contribution in [0.15, 0.2) is 12.4 Å². The molecule has 0 radical (unpaired) electrons. The molecule has 1 heterocycles. The number of nitrogens with zero attached hydrogens (tertiary/aromatic N) is 2. The van der Waals surface area contributed by atoms with Crippen LogP contribution in [0.25, 0.3) is 0 Å². The Morgan fingerprint density at radius 1 is 1.38 bits per heavy atom. The van der Waals surface area contributed by atoms with Gasteiger partial charge in [0.05, 0.1) is 0 Å². The van der Waals surface area contributed by atoms with Gasteiger partial charge in [-0.15, -0.1) is 0 Å².